The lowest BCUT2D eigenvalue weighted by Gasteiger charge is -2.57. The molecule has 3 N–H and O–H groups in total. The van der Waals surface area contributed by atoms with Crippen LogP contribution in [0.2, 0.25) is 0 Å². The van der Waals surface area contributed by atoms with Crippen LogP contribution >= 0.6 is 0 Å². The normalized spacial score (nSPS) is 33.8. The van der Waals surface area contributed by atoms with E-state index in [1.165, 1.54) is 44.1 Å². The van der Waals surface area contributed by atoms with Crippen LogP contribution in [0.1, 0.15) is 56.6 Å². The Hall–Kier alpha value is -3.08. The molecule has 5 nitrogen and oxygen atoms in total. The summed E-state index contributed by atoms with van der Waals surface area (Å²) in [6.45, 7) is 1.74. The van der Waals surface area contributed by atoms with Crippen molar-refractivity contribution in [1.82, 2.24) is 5.32 Å². The maximum Gasteiger partial charge on any atom is 0.264 e. The highest BCUT2D eigenvalue weighted by atomic mass is 16.3. The molecular formula is C29H32N2O3. The number of rotatable bonds is 5. The molecule has 2 aromatic rings. The van der Waals surface area contributed by atoms with Gasteiger partial charge >= 0.3 is 0 Å². The molecule has 1 unspecified atom stereocenters. The highest BCUT2D eigenvalue weighted by molar-refractivity contribution is 6.24. The summed E-state index contributed by atoms with van der Waals surface area (Å²) < 4.78 is 0. The average Bonchev–Trinajstić information content (AvgIpc) is 3.01. The monoisotopic (exact) mass is 456 g/mol. The third-order valence-corrected chi connectivity index (χ3v) is 8.80. The van der Waals surface area contributed by atoms with E-state index in [9.17, 15) is 14.7 Å². The molecule has 0 aromatic heterocycles. The van der Waals surface area contributed by atoms with Gasteiger partial charge in [0.2, 0.25) is 0 Å². The molecule has 34 heavy (non-hydrogen) atoms. The minimum Gasteiger partial charge on any atom is -0.509 e. The van der Waals surface area contributed by atoms with Crippen LogP contribution in [0.3, 0.4) is 0 Å². The topological polar surface area (TPSA) is 78.4 Å². The number of aliphatic hydroxyl groups is 1. The smallest absolute Gasteiger partial charge is 0.264 e. The Balaban J connectivity index is 1.19. The van der Waals surface area contributed by atoms with E-state index in [1.807, 2.05) is 42.5 Å². The van der Waals surface area contributed by atoms with Crippen LogP contribution in [-0.4, -0.2) is 22.5 Å². The van der Waals surface area contributed by atoms with Gasteiger partial charge in [-0.15, -0.1) is 0 Å². The molecule has 2 aromatic carbocycles. The second-order valence-corrected chi connectivity index (χ2v) is 11.4. The Labute approximate surface area is 200 Å². The van der Waals surface area contributed by atoms with Gasteiger partial charge in [-0.05, 0) is 91.9 Å². The maximum absolute atomic E-state index is 13.0. The van der Waals surface area contributed by atoms with Gasteiger partial charge in [0.1, 0.15) is 11.3 Å². The molecule has 0 radical (unpaired) electrons. The quantitative estimate of drug-likeness (QED) is 0.552. The lowest BCUT2D eigenvalue weighted by molar-refractivity contribution is -0.121. The fraction of sp³-hybridized carbons (Fsp3) is 0.448. The Bertz CT molecular complexity index is 1130. The predicted molar refractivity (Wildman–Crippen MR) is 131 cm³/mol. The molecule has 5 heteroatoms. The van der Waals surface area contributed by atoms with Gasteiger partial charge in [0, 0.05) is 12.1 Å². The van der Waals surface area contributed by atoms with Gasteiger partial charge < -0.3 is 15.7 Å². The predicted octanol–water partition coefficient (Wildman–Crippen LogP) is 5.04. The van der Waals surface area contributed by atoms with E-state index in [2.05, 4.69) is 22.8 Å². The number of hydrogen-bond donors (Lipinski definition) is 3. The zero-order valence-corrected chi connectivity index (χ0v) is 19.6. The van der Waals surface area contributed by atoms with Gasteiger partial charge in [-0.25, -0.2) is 0 Å². The van der Waals surface area contributed by atoms with E-state index < -0.39 is 17.4 Å². The average molecular weight is 457 g/mol. The van der Waals surface area contributed by atoms with Crippen molar-refractivity contribution in [3.05, 3.63) is 77.1 Å². The second-order valence-electron chi connectivity index (χ2n) is 11.4. The van der Waals surface area contributed by atoms with E-state index in [0.717, 1.165) is 23.3 Å². The van der Waals surface area contributed by atoms with Crippen LogP contribution in [0.15, 0.2) is 65.9 Å². The Morgan fingerprint density at radius 1 is 0.971 bits per heavy atom. The standard InChI is InChI=1S/C29H32N2O3/c1-28(14-18-5-3-2-4-6-18)25(32)24(27(34)31-28)26(33)30-23-9-7-22(8-10-23)29-15-19-11-20(16-29)13-21(12-19)17-29/h2-10,19-21,32H,11-17H2,1H3,(H,30,33)(H,31,34). The molecule has 1 aliphatic heterocycles. The lowest BCUT2D eigenvalue weighted by atomic mass is 9.48. The Kier molecular flexibility index (Phi) is 4.87. The van der Waals surface area contributed by atoms with Crippen molar-refractivity contribution in [2.75, 3.05) is 5.32 Å². The summed E-state index contributed by atoms with van der Waals surface area (Å²) in [6.07, 6.45) is 8.54. The van der Waals surface area contributed by atoms with Gasteiger partial charge in [-0.2, -0.15) is 0 Å². The van der Waals surface area contributed by atoms with Gasteiger partial charge in [0.05, 0.1) is 5.54 Å². The molecule has 4 bridgehead atoms. The molecule has 1 atom stereocenters. The van der Waals surface area contributed by atoms with Gasteiger partial charge in [-0.1, -0.05) is 42.5 Å². The zero-order valence-electron chi connectivity index (χ0n) is 19.6. The van der Waals surface area contributed by atoms with Gasteiger partial charge in [-0.3, -0.25) is 9.59 Å². The van der Waals surface area contributed by atoms with E-state index in [4.69, 9.17) is 0 Å². The highest BCUT2D eigenvalue weighted by Gasteiger charge is 2.51. The molecule has 0 spiro atoms. The minimum atomic E-state index is -1.01. The van der Waals surface area contributed by atoms with Crippen molar-refractivity contribution < 1.29 is 14.7 Å². The summed E-state index contributed by atoms with van der Waals surface area (Å²) in [7, 11) is 0. The van der Waals surface area contributed by atoms with Crippen molar-refractivity contribution in [3.63, 3.8) is 0 Å². The number of amides is 2. The first-order valence-corrected chi connectivity index (χ1v) is 12.6. The van der Waals surface area contributed by atoms with Crippen LogP contribution in [-0.2, 0) is 21.4 Å². The maximum atomic E-state index is 13.0. The Morgan fingerprint density at radius 3 is 2.15 bits per heavy atom. The number of carbonyl (C=O) groups excluding carboxylic acids is 2. The second kappa shape index (κ2) is 7.72. The summed E-state index contributed by atoms with van der Waals surface area (Å²) in [4.78, 5) is 25.6. The summed E-state index contributed by atoms with van der Waals surface area (Å²) in [6, 6.07) is 17.8. The van der Waals surface area contributed by atoms with E-state index in [-0.39, 0.29) is 11.3 Å². The molecule has 0 saturated heterocycles. The first-order valence-electron chi connectivity index (χ1n) is 12.6. The summed E-state index contributed by atoms with van der Waals surface area (Å²) in [5.74, 6) is 1.32. The van der Waals surface area contributed by atoms with E-state index in [0.29, 0.717) is 17.5 Å². The van der Waals surface area contributed by atoms with Crippen molar-refractivity contribution in [2.45, 2.75) is 62.8 Å². The van der Waals surface area contributed by atoms with Crippen LogP contribution in [0.25, 0.3) is 0 Å². The van der Waals surface area contributed by atoms with E-state index >= 15 is 0 Å². The van der Waals surface area contributed by atoms with Gasteiger partial charge in [0.15, 0.2) is 0 Å². The van der Waals surface area contributed by atoms with Gasteiger partial charge in [0.25, 0.3) is 11.8 Å². The molecule has 4 fully saturated rings. The summed E-state index contributed by atoms with van der Waals surface area (Å²) >= 11 is 0. The van der Waals surface area contributed by atoms with Crippen LogP contribution < -0.4 is 10.6 Å². The van der Waals surface area contributed by atoms with Crippen molar-refractivity contribution in [2.24, 2.45) is 17.8 Å². The fourth-order valence-electron chi connectivity index (χ4n) is 7.66. The lowest BCUT2D eigenvalue weighted by Crippen LogP contribution is -2.48. The number of benzene rings is 2. The van der Waals surface area contributed by atoms with Crippen LogP contribution in [0.4, 0.5) is 5.69 Å². The molecule has 176 valence electrons. The number of carbonyl (C=O) groups is 2. The molecule has 4 saturated carbocycles. The Morgan fingerprint density at radius 2 is 1.56 bits per heavy atom. The number of aliphatic hydroxyl groups excluding tert-OH is 1. The van der Waals surface area contributed by atoms with Crippen molar-refractivity contribution in [1.29, 1.82) is 0 Å². The summed E-state index contributed by atoms with van der Waals surface area (Å²) in [5, 5.41) is 16.5. The first-order chi connectivity index (χ1) is 16.3. The minimum absolute atomic E-state index is 0.205. The number of hydrogen-bond acceptors (Lipinski definition) is 3. The zero-order chi connectivity index (χ0) is 23.5. The van der Waals surface area contributed by atoms with Crippen LogP contribution in [0, 0.1) is 17.8 Å². The molecule has 7 rings (SSSR count). The number of nitrogens with one attached hydrogen (secondary N) is 2. The molecule has 4 aliphatic carbocycles. The summed E-state index contributed by atoms with van der Waals surface area (Å²) in [5.41, 5.74) is 2.10. The molecule has 1 heterocycles. The third-order valence-electron chi connectivity index (χ3n) is 8.80. The third kappa shape index (κ3) is 3.53. The molecule has 5 aliphatic rings. The van der Waals surface area contributed by atoms with E-state index in [1.54, 1.807) is 6.92 Å². The molecule has 2 amide bonds. The highest BCUT2D eigenvalue weighted by Crippen LogP contribution is 2.60. The SMILES string of the molecule is CC1(Cc2ccccc2)NC(=O)C(C(=O)Nc2ccc(C34CC5CC(CC(C5)C3)C4)cc2)=C1O. The first kappa shape index (κ1) is 21.5. The largest absolute Gasteiger partial charge is 0.509 e. The fourth-order valence-corrected chi connectivity index (χ4v) is 7.66. The molecular weight excluding hydrogens is 424 g/mol. The van der Waals surface area contributed by atoms with Crippen LogP contribution in [0.5, 0.6) is 0 Å². The van der Waals surface area contributed by atoms with Crippen molar-refractivity contribution in [3.8, 4) is 0 Å². The van der Waals surface area contributed by atoms with Crippen molar-refractivity contribution >= 4 is 17.5 Å². The number of anilines is 1.